The molecule has 0 saturated carbocycles. The number of fused-ring (bicyclic) bond motifs is 1. The molecule has 2 aromatic rings. The van der Waals surface area contributed by atoms with E-state index in [4.69, 9.17) is 9.47 Å². The fourth-order valence-corrected chi connectivity index (χ4v) is 2.98. The number of anilines is 2. The predicted molar refractivity (Wildman–Crippen MR) is 104 cm³/mol. The Morgan fingerprint density at radius 1 is 1.22 bits per heavy atom. The lowest BCUT2D eigenvalue weighted by Crippen LogP contribution is -2.41. The van der Waals surface area contributed by atoms with E-state index in [1.807, 2.05) is 24.3 Å². The SMILES string of the molecule is COc1ccc(CC(=O)Nc2ccc3c(c2)N(CC(C)C)C(=O)CO3)cc1. The average Bonchev–Trinajstić information content (AvgIpc) is 2.64. The number of methoxy groups -OCH3 is 1. The molecule has 0 aliphatic carbocycles. The van der Waals surface area contributed by atoms with Crippen molar-refractivity contribution >= 4 is 23.2 Å². The van der Waals surface area contributed by atoms with E-state index in [2.05, 4.69) is 19.2 Å². The topological polar surface area (TPSA) is 67.9 Å². The van der Waals surface area contributed by atoms with Gasteiger partial charge < -0.3 is 19.7 Å². The summed E-state index contributed by atoms with van der Waals surface area (Å²) in [6.07, 6.45) is 0.256. The number of hydrogen-bond acceptors (Lipinski definition) is 4. The van der Waals surface area contributed by atoms with Gasteiger partial charge in [0.25, 0.3) is 5.91 Å². The van der Waals surface area contributed by atoms with Crippen LogP contribution in [0.3, 0.4) is 0 Å². The highest BCUT2D eigenvalue weighted by Gasteiger charge is 2.26. The first-order chi connectivity index (χ1) is 13.0. The van der Waals surface area contributed by atoms with Crippen molar-refractivity contribution in [3.8, 4) is 11.5 Å². The number of nitrogens with zero attached hydrogens (tertiary/aromatic N) is 1. The summed E-state index contributed by atoms with van der Waals surface area (Å²) in [7, 11) is 1.61. The van der Waals surface area contributed by atoms with Gasteiger partial charge in [-0.25, -0.2) is 0 Å². The van der Waals surface area contributed by atoms with E-state index < -0.39 is 0 Å². The van der Waals surface area contributed by atoms with Crippen LogP contribution in [-0.4, -0.2) is 32.1 Å². The van der Waals surface area contributed by atoms with E-state index in [-0.39, 0.29) is 24.8 Å². The third-order valence-corrected chi connectivity index (χ3v) is 4.26. The number of hydrogen-bond donors (Lipinski definition) is 1. The number of carbonyl (C=O) groups excluding carboxylic acids is 2. The van der Waals surface area contributed by atoms with Gasteiger partial charge in [-0.3, -0.25) is 9.59 Å². The quantitative estimate of drug-likeness (QED) is 0.850. The normalized spacial score (nSPS) is 13.2. The second-order valence-corrected chi connectivity index (χ2v) is 6.94. The van der Waals surface area contributed by atoms with Crippen molar-refractivity contribution in [3.05, 3.63) is 48.0 Å². The molecule has 3 rings (SSSR count). The lowest BCUT2D eigenvalue weighted by Gasteiger charge is -2.31. The van der Waals surface area contributed by atoms with E-state index in [0.717, 1.165) is 11.3 Å². The largest absolute Gasteiger partial charge is 0.497 e. The lowest BCUT2D eigenvalue weighted by molar-refractivity contribution is -0.121. The summed E-state index contributed by atoms with van der Waals surface area (Å²) in [5.74, 6) is 1.54. The summed E-state index contributed by atoms with van der Waals surface area (Å²) in [4.78, 5) is 26.3. The minimum Gasteiger partial charge on any atom is -0.497 e. The number of nitrogens with one attached hydrogen (secondary N) is 1. The van der Waals surface area contributed by atoms with Gasteiger partial charge in [0.2, 0.25) is 5.91 Å². The van der Waals surface area contributed by atoms with E-state index in [9.17, 15) is 9.59 Å². The number of amides is 2. The zero-order chi connectivity index (χ0) is 19.4. The fourth-order valence-electron chi connectivity index (χ4n) is 2.98. The van der Waals surface area contributed by atoms with Crippen molar-refractivity contribution < 1.29 is 19.1 Å². The summed E-state index contributed by atoms with van der Waals surface area (Å²) in [6.45, 7) is 4.77. The lowest BCUT2D eigenvalue weighted by atomic mass is 10.1. The summed E-state index contributed by atoms with van der Waals surface area (Å²) in [5.41, 5.74) is 2.23. The van der Waals surface area contributed by atoms with Gasteiger partial charge >= 0.3 is 0 Å². The highest BCUT2D eigenvalue weighted by Crippen LogP contribution is 2.35. The van der Waals surface area contributed by atoms with Crippen LogP contribution < -0.4 is 19.7 Å². The highest BCUT2D eigenvalue weighted by atomic mass is 16.5. The summed E-state index contributed by atoms with van der Waals surface area (Å²) in [6, 6.07) is 12.7. The minimum absolute atomic E-state index is 0.0445. The van der Waals surface area contributed by atoms with Crippen molar-refractivity contribution in [3.63, 3.8) is 0 Å². The Bertz CT molecular complexity index is 831. The molecule has 27 heavy (non-hydrogen) atoms. The summed E-state index contributed by atoms with van der Waals surface area (Å²) < 4.78 is 10.6. The number of rotatable bonds is 6. The molecule has 0 aromatic heterocycles. The first-order valence-corrected chi connectivity index (χ1v) is 8.96. The Labute approximate surface area is 159 Å². The molecule has 0 radical (unpaired) electrons. The van der Waals surface area contributed by atoms with Crippen molar-refractivity contribution in [2.45, 2.75) is 20.3 Å². The smallest absolute Gasteiger partial charge is 0.265 e. The first-order valence-electron chi connectivity index (χ1n) is 8.96. The molecule has 6 heteroatoms. The zero-order valence-electron chi connectivity index (χ0n) is 15.8. The molecule has 0 spiro atoms. The molecule has 1 heterocycles. The zero-order valence-corrected chi connectivity index (χ0v) is 15.8. The Morgan fingerprint density at radius 2 is 1.96 bits per heavy atom. The molecule has 0 saturated heterocycles. The standard InChI is InChI=1S/C21H24N2O4/c1-14(2)12-23-18-11-16(6-9-19(18)27-13-21(23)25)22-20(24)10-15-4-7-17(26-3)8-5-15/h4-9,11,14H,10,12-13H2,1-3H3,(H,22,24). The number of carbonyl (C=O) groups is 2. The monoisotopic (exact) mass is 368 g/mol. The van der Waals surface area contributed by atoms with Crippen molar-refractivity contribution in [1.82, 2.24) is 0 Å². The van der Waals surface area contributed by atoms with E-state index in [0.29, 0.717) is 29.6 Å². The van der Waals surface area contributed by atoms with Crippen molar-refractivity contribution in [2.24, 2.45) is 5.92 Å². The van der Waals surface area contributed by atoms with Crippen LogP contribution in [0.15, 0.2) is 42.5 Å². The van der Waals surface area contributed by atoms with Gasteiger partial charge in [-0.1, -0.05) is 26.0 Å². The van der Waals surface area contributed by atoms with Gasteiger partial charge in [-0.2, -0.15) is 0 Å². The van der Waals surface area contributed by atoms with Crippen LogP contribution in [0.5, 0.6) is 11.5 Å². The molecule has 0 unspecified atom stereocenters. The molecule has 1 aliphatic heterocycles. The Kier molecular flexibility index (Phi) is 5.64. The van der Waals surface area contributed by atoms with Crippen LogP contribution in [-0.2, 0) is 16.0 Å². The molecule has 142 valence electrons. The van der Waals surface area contributed by atoms with E-state index in [1.54, 1.807) is 30.2 Å². The third kappa shape index (κ3) is 4.58. The molecule has 2 aromatic carbocycles. The van der Waals surface area contributed by atoms with Gasteiger partial charge in [0.05, 0.1) is 19.2 Å². The maximum atomic E-state index is 12.4. The van der Waals surface area contributed by atoms with Gasteiger partial charge in [-0.15, -0.1) is 0 Å². The van der Waals surface area contributed by atoms with Gasteiger partial charge in [-0.05, 0) is 41.8 Å². The number of ether oxygens (including phenoxy) is 2. The van der Waals surface area contributed by atoms with E-state index >= 15 is 0 Å². The Hall–Kier alpha value is -3.02. The second-order valence-electron chi connectivity index (χ2n) is 6.94. The summed E-state index contributed by atoms with van der Waals surface area (Å²) >= 11 is 0. The Morgan fingerprint density at radius 3 is 2.63 bits per heavy atom. The average molecular weight is 368 g/mol. The molecule has 0 bridgehead atoms. The van der Waals surface area contributed by atoms with Gasteiger partial charge in [0, 0.05) is 12.2 Å². The molecule has 0 atom stereocenters. The van der Waals surface area contributed by atoms with Gasteiger partial charge in [0.1, 0.15) is 11.5 Å². The maximum Gasteiger partial charge on any atom is 0.265 e. The maximum absolute atomic E-state index is 12.4. The van der Waals surface area contributed by atoms with Crippen molar-refractivity contribution in [1.29, 1.82) is 0 Å². The highest BCUT2D eigenvalue weighted by molar-refractivity contribution is 5.99. The molecule has 1 N–H and O–H groups in total. The predicted octanol–water partition coefficient (Wildman–Crippen LogP) is 3.26. The van der Waals surface area contributed by atoms with Crippen molar-refractivity contribution in [2.75, 3.05) is 30.5 Å². The first kappa shape index (κ1) is 18.8. The molecule has 0 fully saturated rings. The summed E-state index contributed by atoms with van der Waals surface area (Å²) in [5, 5.41) is 2.89. The van der Waals surface area contributed by atoms with Crippen LogP contribution >= 0.6 is 0 Å². The molecule has 6 nitrogen and oxygen atoms in total. The van der Waals surface area contributed by atoms with Crippen LogP contribution in [0.25, 0.3) is 0 Å². The van der Waals surface area contributed by atoms with Gasteiger partial charge in [0.15, 0.2) is 6.61 Å². The molecule has 2 amide bonds. The van der Waals surface area contributed by atoms with Crippen LogP contribution in [0, 0.1) is 5.92 Å². The second kappa shape index (κ2) is 8.12. The van der Waals surface area contributed by atoms with Crippen LogP contribution in [0.2, 0.25) is 0 Å². The fraction of sp³-hybridized carbons (Fsp3) is 0.333. The molecular formula is C21H24N2O4. The minimum atomic E-state index is -0.126. The molecular weight excluding hydrogens is 344 g/mol. The van der Waals surface area contributed by atoms with Crippen LogP contribution in [0.1, 0.15) is 19.4 Å². The number of benzene rings is 2. The Balaban J connectivity index is 1.72. The van der Waals surface area contributed by atoms with E-state index in [1.165, 1.54) is 0 Å². The van der Waals surface area contributed by atoms with Crippen LogP contribution in [0.4, 0.5) is 11.4 Å². The molecule has 1 aliphatic rings. The third-order valence-electron chi connectivity index (χ3n) is 4.26.